The molecule has 7 heteroatoms. The van der Waals surface area contributed by atoms with Gasteiger partial charge in [-0.25, -0.2) is 4.79 Å². The first-order chi connectivity index (χ1) is 15.4. The molecule has 0 saturated heterocycles. The largest absolute Gasteiger partial charge is 0.467 e. The van der Waals surface area contributed by atoms with Crippen LogP contribution >= 0.6 is 11.8 Å². The van der Waals surface area contributed by atoms with Gasteiger partial charge in [0.05, 0.1) is 12.1 Å². The Kier molecular flexibility index (Phi) is 11.2. The summed E-state index contributed by atoms with van der Waals surface area (Å²) in [6.45, 7) is 9.60. The molecule has 32 heavy (non-hydrogen) atoms. The Bertz CT molecular complexity index is 689. The number of nitrogens with one attached hydrogen (secondary N) is 2. The van der Waals surface area contributed by atoms with Crippen molar-refractivity contribution in [3.8, 4) is 0 Å². The van der Waals surface area contributed by atoms with Crippen LogP contribution in [0.15, 0.2) is 34.5 Å². The number of esters is 1. The minimum atomic E-state index is -0.684. The van der Waals surface area contributed by atoms with Crippen LogP contribution in [0.2, 0.25) is 0 Å². The molecule has 0 heterocycles. The first kappa shape index (κ1) is 26.4. The third-order valence-electron chi connectivity index (χ3n) is 6.39. The van der Waals surface area contributed by atoms with Gasteiger partial charge in [-0.1, -0.05) is 56.9 Å². The van der Waals surface area contributed by atoms with E-state index in [2.05, 4.69) is 39.8 Å². The van der Waals surface area contributed by atoms with Gasteiger partial charge in [0.2, 0.25) is 5.91 Å². The van der Waals surface area contributed by atoms with E-state index in [0.717, 1.165) is 10.9 Å². The van der Waals surface area contributed by atoms with Gasteiger partial charge in [-0.2, -0.15) is 0 Å². The normalized spacial score (nSPS) is 19.8. The number of nitrogens with zero attached hydrogens (tertiary/aromatic N) is 1. The highest BCUT2D eigenvalue weighted by atomic mass is 32.2. The minimum absolute atomic E-state index is 0.291. The summed E-state index contributed by atoms with van der Waals surface area (Å²) in [6.07, 6.45) is 15.1. The lowest BCUT2D eigenvalue weighted by molar-refractivity contribution is -0.144. The molecular formula is C25H41N3O3S. The topological polar surface area (TPSA) is 70.7 Å². The predicted molar refractivity (Wildman–Crippen MR) is 133 cm³/mol. The van der Waals surface area contributed by atoms with E-state index in [9.17, 15) is 9.59 Å². The lowest BCUT2D eigenvalue weighted by Crippen LogP contribution is -2.47. The molecule has 2 rings (SSSR count). The molecule has 0 radical (unpaired) electrons. The molecule has 2 aliphatic carbocycles. The molecule has 2 aliphatic rings. The maximum atomic E-state index is 12.3. The van der Waals surface area contributed by atoms with Gasteiger partial charge < -0.3 is 20.3 Å². The second-order valence-corrected chi connectivity index (χ2v) is 9.81. The van der Waals surface area contributed by atoms with Crippen molar-refractivity contribution in [3.05, 3.63) is 34.5 Å². The molecule has 0 unspecified atom stereocenters. The minimum Gasteiger partial charge on any atom is -0.467 e. The molecule has 180 valence electrons. The summed E-state index contributed by atoms with van der Waals surface area (Å²) in [4.78, 5) is 26.5. The number of methoxy groups -OCH3 is 1. The van der Waals surface area contributed by atoms with Gasteiger partial charge in [0.1, 0.15) is 11.9 Å². The van der Waals surface area contributed by atoms with Crippen molar-refractivity contribution in [2.24, 2.45) is 0 Å². The number of carbonyl (C=O) groups is 2. The highest BCUT2D eigenvalue weighted by Gasteiger charge is 2.30. The number of carbonyl (C=O) groups excluding carboxylic acids is 2. The van der Waals surface area contributed by atoms with Gasteiger partial charge in [-0.3, -0.25) is 4.79 Å². The SMILES string of the molecule is C=C(N/C(=C\C)N(C1CCCCC1)C1CCCCC1)S/C=C(\C)C(=O)N[C@@H](C)C(=O)OC. The zero-order chi connectivity index (χ0) is 23.5. The Morgan fingerprint density at radius 3 is 2.06 bits per heavy atom. The lowest BCUT2D eigenvalue weighted by atomic mass is 9.88. The molecule has 2 saturated carbocycles. The van der Waals surface area contributed by atoms with Crippen molar-refractivity contribution in [1.82, 2.24) is 15.5 Å². The molecule has 6 nitrogen and oxygen atoms in total. The molecule has 1 amide bonds. The van der Waals surface area contributed by atoms with Crippen LogP contribution in [0.5, 0.6) is 0 Å². The number of thioether (sulfide) groups is 1. The Hall–Kier alpha value is -1.89. The molecule has 0 aliphatic heterocycles. The van der Waals surface area contributed by atoms with Crippen molar-refractivity contribution >= 4 is 23.6 Å². The first-order valence-electron chi connectivity index (χ1n) is 12.0. The van der Waals surface area contributed by atoms with Crippen LogP contribution in [0.1, 0.15) is 85.0 Å². The molecular weight excluding hydrogens is 422 g/mol. The summed E-state index contributed by atoms with van der Waals surface area (Å²) in [7, 11) is 1.31. The van der Waals surface area contributed by atoms with E-state index in [4.69, 9.17) is 0 Å². The zero-order valence-electron chi connectivity index (χ0n) is 20.2. The maximum Gasteiger partial charge on any atom is 0.328 e. The van der Waals surface area contributed by atoms with E-state index in [0.29, 0.717) is 17.7 Å². The Morgan fingerprint density at radius 2 is 1.59 bits per heavy atom. The van der Waals surface area contributed by atoms with Crippen molar-refractivity contribution < 1.29 is 14.3 Å². The summed E-state index contributed by atoms with van der Waals surface area (Å²) in [5.41, 5.74) is 0.521. The second-order valence-electron chi connectivity index (χ2n) is 8.85. The molecule has 1 atom stereocenters. The van der Waals surface area contributed by atoms with Gasteiger partial charge in [-0.15, -0.1) is 0 Å². The lowest BCUT2D eigenvalue weighted by Gasteiger charge is -2.44. The molecule has 0 aromatic carbocycles. The van der Waals surface area contributed by atoms with Crippen LogP contribution in [0.4, 0.5) is 0 Å². The quantitative estimate of drug-likeness (QED) is 0.343. The van der Waals surface area contributed by atoms with Crippen molar-refractivity contribution in [3.63, 3.8) is 0 Å². The third-order valence-corrected chi connectivity index (χ3v) is 7.25. The van der Waals surface area contributed by atoms with E-state index in [1.807, 2.05) is 0 Å². The van der Waals surface area contributed by atoms with E-state index in [1.54, 1.807) is 19.3 Å². The number of allylic oxidation sites excluding steroid dienone is 1. The third kappa shape index (κ3) is 7.91. The number of rotatable bonds is 10. The highest BCUT2D eigenvalue weighted by Crippen LogP contribution is 2.33. The average Bonchev–Trinajstić information content (AvgIpc) is 2.82. The molecule has 2 N–H and O–H groups in total. The standard InChI is InChI=1S/C25H41N3O3S/c1-6-23(28(21-13-9-7-10-14-21)22-15-11-8-12-16-22)27-20(4)32-17-18(2)24(29)26-19(3)25(30)31-5/h6,17,19,21-22,27H,4,7-16H2,1-3,5H3,(H,26,29)/b18-17+,23-6+/t19-/m0/s1. The van der Waals surface area contributed by atoms with Crippen molar-refractivity contribution in [2.75, 3.05) is 7.11 Å². The van der Waals surface area contributed by atoms with Gasteiger partial charge in [0.15, 0.2) is 0 Å². The Morgan fingerprint density at radius 1 is 1.06 bits per heavy atom. The zero-order valence-corrected chi connectivity index (χ0v) is 21.1. The smallest absolute Gasteiger partial charge is 0.328 e. The number of hydrogen-bond acceptors (Lipinski definition) is 6. The van der Waals surface area contributed by atoms with Gasteiger partial charge in [-0.05, 0) is 57.9 Å². The van der Waals surface area contributed by atoms with Gasteiger partial charge in [0.25, 0.3) is 0 Å². The summed E-state index contributed by atoms with van der Waals surface area (Å²) in [5, 5.41) is 8.73. The predicted octanol–water partition coefficient (Wildman–Crippen LogP) is 5.19. The Labute approximate surface area is 198 Å². The van der Waals surface area contributed by atoms with Crippen LogP contribution in [0, 0.1) is 0 Å². The second kappa shape index (κ2) is 13.6. The molecule has 0 aromatic heterocycles. The van der Waals surface area contributed by atoms with Crippen LogP contribution in [0.25, 0.3) is 0 Å². The molecule has 0 aromatic rings. The summed E-state index contributed by atoms with van der Waals surface area (Å²) < 4.78 is 4.66. The number of amides is 1. The fraction of sp³-hybridized carbons (Fsp3) is 0.680. The van der Waals surface area contributed by atoms with Crippen LogP contribution < -0.4 is 10.6 Å². The van der Waals surface area contributed by atoms with Crippen molar-refractivity contribution in [2.45, 2.75) is 103 Å². The average molecular weight is 464 g/mol. The van der Waals surface area contributed by atoms with Gasteiger partial charge in [0, 0.05) is 17.7 Å². The summed E-state index contributed by atoms with van der Waals surface area (Å²) in [6, 6.07) is 0.494. The van der Waals surface area contributed by atoms with Crippen LogP contribution in [-0.4, -0.2) is 42.0 Å². The summed E-state index contributed by atoms with van der Waals surface area (Å²) >= 11 is 1.40. The van der Waals surface area contributed by atoms with Crippen molar-refractivity contribution in [1.29, 1.82) is 0 Å². The Balaban J connectivity index is 2.00. The fourth-order valence-electron chi connectivity index (χ4n) is 4.63. The van der Waals surface area contributed by atoms with E-state index in [1.165, 1.54) is 83.1 Å². The molecule has 0 spiro atoms. The monoisotopic (exact) mass is 463 g/mol. The van der Waals surface area contributed by atoms with E-state index in [-0.39, 0.29) is 5.91 Å². The molecule has 0 bridgehead atoms. The van der Waals surface area contributed by atoms with Crippen LogP contribution in [-0.2, 0) is 14.3 Å². The fourth-order valence-corrected chi connectivity index (χ4v) is 5.22. The maximum absolute atomic E-state index is 12.3. The highest BCUT2D eigenvalue weighted by molar-refractivity contribution is 8.05. The van der Waals surface area contributed by atoms with Crippen LogP contribution in [0.3, 0.4) is 0 Å². The van der Waals surface area contributed by atoms with Gasteiger partial charge >= 0.3 is 5.97 Å². The molecule has 2 fully saturated rings. The first-order valence-corrected chi connectivity index (χ1v) is 12.9. The van der Waals surface area contributed by atoms with E-state index >= 15 is 0 Å². The summed E-state index contributed by atoms with van der Waals surface area (Å²) in [5.74, 6) is 0.379. The number of ether oxygens (including phenoxy) is 1. The van der Waals surface area contributed by atoms with E-state index < -0.39 is 12.0 Å². The number of hydrogen-bond donors (Lipinski definition) is 2.